The van der Waals surface area contributed by atoms with Crippen LogP contribution >= 0.6 is 0 Å². The van der Waals surface area contributed by atoms with Crippen LogP contribution in [0.5, 0.6) is 5.75 Å². The van der Waals surface area contributed by atoms with Gasteiger partial charge in [0.05, 0.1) is 25.0 Å². The zero-order valence-corrected chi connectivity index (χ0v) is 22.5. The summed E-state index contributed by atoms with van der Waals surface area (Å²) in [6.07, 6.45) is 0.812. The second kappa shape index (κ2) is 15.6. The highest BCUT2D eigenvalue weighted by molar-refractivity contribution is 7.89. The van der Waals surface area contributed by atoms with Crippen molar-refractivity contribution < 1.29 is 23.1 Å². The van der Waals surface area contributed by atoms with Crippen molar-refractivity contribution in [2.24, 2.45) is 0 Å². The lowest BCUT2D eigenvalue weighted by molar-refractivity contribution is -0.122. The summed E-state index contributed by atoms with van der Waals surface area (Å²) >= 11 is 0. The topological polar surface area (TPSA) is 108 Å². The standard InChI is InChI=1S/C27H41N3O5S/c1-4-16-30(17-5-2)36(33,34)18-15-27(32)29-25(19-22-11-13-24(35-3)14-12-22)26(31)21-28-20-23-9-7-6-8-10-23/h6-14,25-26,28,31H,4-5,15-21H2,1-3H3,(H,29,32)/t25-,26-/m0/s1. The molecule has 0 radical (unpaired) electrons. The van der Waals surface area contributed by atoms with Gasteiger partial charge in [-0.05, 0) is 42.5 Å². The van der Waals surface area contributed by atoms with E-state index in [1.165, 1.54) is 4.31 Å². The highest BCUT2D eigenvalue weighted by Gasteiger charge is 2.25. The summed E-state index contributed by atoms with van der Waals surface area (Å²) in [7, 11) is -1.93. The summed E-state index contributed by atoms with van der Waals surface area (Å²) in [4.78, 5) is 12.8. The van der Waals surface area contributed by atoms with E-state index < -0.39 is 28.1 Å². The third kappa shape index (κ3) is 10.3. The number of methoxy groups -OCH3 is 1. The van der Waals surface area contributed by atoms with Crippen molar-refractivity contribution in [1.82, 2.24) is 14.9 Å². The summed E-state index contributed by atoms with van der Waals surface area (Å²) in [6.45, 7) is 5.62. The normalized spacial score (nSPS) is 13.4. The van der Waals surface area contributed by atoms with Crippen LogP contribution < -0.4 is 15.4 Å². The van der Waals surface area contributed by atoms with Crippen molar-refractivity contribution in [2.75, 3.05) is 32.5 Å². The zero-order valence-electron chi connectivity index (χ0n) is 21.7. The Morgan fingerprint density at radius 3 is 2.22 bits per heavy atom. The molecule has 9 heteroatoms. The number of hydrogen-bond donors (Lipinski definition) is 3. The number of aliphatic hydroxyl groups is 1. The van der Waals surface area contributed by atoms with Crippen molar-refractivity contribution in [2.45, 2.75) is 58.2 Å². The highest BCUT2D eigenvalue weighted by atomic mass is 32.2. The van der Waals surface area contributed by atoms with E-state index in [1.54, 1.807) is 7.11 Å². The van der Waals surface area contributed by atoms with Crippen LogP contribution in [0.4, 0.5) is 0 Å². The molecule has 0 aliphatic heterocycles. The smallest absolute Gasteiger partial charge is 0.221 e. The number of amides is 1. The Bertz CT molecular complexity index is 994. The van der Waals surface area contributed by atoms with Crippen LogP contribution in [0.3, 0.4) is 0 Å². The number of nitrogens with zero attached hydrogens (tertiary/aromatic N) is 1. The minimum atomic E-state index is -3.53. The maximum absolute atomic E-state index is 12.8. The molecule has 200 valence electrons. The predicted molar refractivity (Wildman–Crippen MR) is 143 cm³/mol. The van der Waals surface area contributed by atoms with E-state index >= 15 is 0 Å². The Kier molecular flexibility index (Phi) is 12.9. The molecule has 2 aromatic carbocycles. The molecule has 0 heterocycles. The maximum Gasteiger partial charge on any atom is 0.221 e. The predicted octanol–water partition coefficient (Wildman–Crippen LogP) is 2.72. The first-order chi connectivity index (χ1) is 17.3. The third-order valence-corrected chi connectivity index (χ3v) is 7.75. The number of hydrogen-bond acceptors (Lipinski definition) is 6. The zero-order chi connectivity index (χ0) is 26.4. The molecular weight excluding hydrogens is 478 g/mol. The second-order valence-corrected chi connectivity index (χ2v) is 11.0. The molecular formula is C27H41N3O5S. The van der Waals surface area contributed by atoms with E-state index in [-0.39, 0.29) is 18.7 Å². The SMILES string of the molecule is CCCN(CCC)S(=O)(=O)CCC(=O)N[C@@H](Cc1ccc(OC)cc1)[C@@H](O)CNCc1ccccc1. The molecule has 0 aliphatic rings. The van der Waals surface area contributed by atoms with Gasteiger partial charge in [0.2, 0.25) is 15.9 Å². The van der Waals surface area contributed by atoms with Crippen LogP contribution in [0.1, 0.15) is 44.2 Å². The molecule has 1 amide bonds. The Balaban J connectivity index is 2.02. The average molecular weight is 520 g/mol. The monoisotopic (exact) mass is 519 g/mol. The number of carbonyl (C=O) groups excluding carboxylic acids is 1. The molecule has 0 bridgehead atoms. The van der Waals surface area contributed by atoms with Crippen molar-refractivity contribution >= 4 is 15.9 Å². The molecule has 3 N–H and O–H groups in total. The molecule has 36 heavy (non-hydrogen) atoms. The number of ether oxygens (including phenoxy) is 1. The number of nitrogens with one attached hydrogen (secondary N) is 2. The fourth-order valence-electron chi connectivity index (χ4n) is 3.92. The number of benzene rings is 2. The van der Waals surface area contributed by atoms with Crippen LogP contribution in [0, 0.1) is 0 Å². The van der Waals surface area contributed by atoms with Gasteiger partial charge < -0.3 is 20.5 Å². The van der Waals surface area contributed by atoms with E-state index in [4.69, 9.17) is 4.74 Å². The van der Waals surface area contributed by atoms with E-state index in [1.807, 2.05) is 68.4 Å². The van der Waals surface area contributed by atoms with Gasteiger partial charge in [-0.15, -0.1) is 0 Å². The van der Waals surface area contributed by atoms with E-state index in [0.717, 1.165) is 29.7 Å². The summed E-state index contributed by atoms with van der Waals surface area (Å²) in [5.74, 6) is 0.0710. The fourth-order valence-corrected chi connectivity index (χ4v) is 5.54. The maximum atomic E-state index is 12.8. The molecule has 0 unspecified atom stereocenters. The Labute approximate surface area is 216 Å². The van der Waals surface area contributed by atoms with Crippen molar-refractivity contribution in [1.29, 1.82) is 0 Å². The largest absolute Gasteiger partial charge is 0.497 e. The number of sulfonamides is 1. The molecule has 0 spiro atoms. The quantitative estimate of drug-likeness (QED) is 0.297. The summed E-state index contributed by atoms with van der Waals surface area (Å²) in [6, 6.07) is 16.7. The molecule has 0 aromatic heterocycles. The van der Waals surface area contributed by atoms with Gasteiger partial charge >= 0.3 is 0 Å². The first-order valence-electron chi connectivity index (χ1n) is 12.6. The van der Waals surface area contributed by atoms with E-state index in [2.05, 4.69) is 10.6 Å². The Hall–Kier alpha value is -2.46. The van der Waals surface area contributed by atoms with E-state index in [0.29, 0.717) is 26.1 Å². The average Bonchev–Trinajstić information content (AvgIpc) is 2.88. The van der Waals surface area contributed by atoms with Crippen LogP contribution in [0.25, 0.3) is 0 Å². The van der Waals surface area contributed by atoms with Gasteiger partial charge in [0.25, 0.3) is 0 Å². The lowest BCUT2D eigenvalue weighted by Crippen LogP contribution is -2.49. The van der Waals surface area contributed by atoms with Crippen LogP contribution in [0.2, 0.25) is 0 Å². The number of rotatable bonds is 17. The molecule has 2 atom stereocenters. The van der Waals surface area contributed by atoms with Crippen LogP contribution in [-0.2, 0) is 27.8 Å². The van der Waals surface area contributed by atoms with Gasteiger partial charge in [0, 0.05) is 32.6 Å². The lowest BCUT2D eigenvalue weighted by atomic mass is 10.0. The highest BCUT2D eigenvalue weighted by Crippen LogP contribution is 2.14. The van der Waals surface area contributed by atoms with Gasteiger partial charge in [0.15, 0.2) is 0 Å². The Morgan fingerprint density at radius 1 is 1.00 bits per heavy atom. The summed E-state index contributed by atoms with van der Waals surface area (Å²) < 4.78 is 32.1. The van der Waals surface area contributed by atoms with Crippen molar-refractivity contribution in [3.8, 4) is 5.75 Å². The van der Waals surface area contributed by atoms with Gasteiger partial charge in [-0.3, -0.25) is 4.79 Å². The molecule has 0 saturated heterocycles. The summed E-state index contributed by atoms with van der Waals surface area (Å²) in [5, 5.41) is 17.0. The second-order valence-electron chi connectivity index (χ2n) is 8.88. The molecule has 0 aliphatic carbocycles. The van der Waals surface area contributed by atoms with Gasteiger partial charge in [0.1, 0.15) is 5.75 Å². The Morgan fingerprint density at radius 2 is 1.64 bits per heavy atom. The lowest BCUT2D eigenvalue weighted by Gasteiger charge is -2.25. The number of carbonyl (C=O) groups is 1. The van der Waals surface area contributed by atoms with Crippen molar-refractivity contribution in [3.05, 3.63) is 65.7 Å². The van der Waals surface area contributed by atoms with Gasteiger partial charge in [-0.1, -0.05) is 56.3 Å². The first kappa shape index (κ1) is 29.8. The molecule has 2 rings (SSSR count). The summed E-state index contributed by atoms with van der Waals surface area (Å²) in [5.41, 5.74) is 2.02. The van der Waals surface area contributed by atoms with Crippen molar-refractivity contribution in [3.63, 3.8) is 0 Å². The van der Waals surface area contributed by atoms with Crippen LogP contribution in [0.15, 0.2) is 54.6 Å². The minimum Gasteiger partial charge on any atom is -0.497 e. The van der Waals surface area contributed by atoms with Gasteiger partial charge in [-0.25, -0.2) is 12.7 Å². The minimum absolute atomic E-state index is 0.157. The number of aliphatic hydroxyl groups excluding tert-OH is 1. The van der Waals surface area contributed by atoms with E-state index in [9.17, 15) is 18.3 Å². The van der Waals surface area contributed by atoms with Crippen LogP contribution in [-0.4, -0.2) is 68.4 Å². The first-order valence-corrected chi connectivity index (χ1v) is 14.2. The fraction of sp³-hybridized carbons (Fsp3) is 0.519. The molecule has 2 aromatic rings. The molecule has 0 fully saturated rings. The third-order valence-electron chi connectivity index (χ3n) is 5.88. The molecule has 8 nitrogen and oxygen atoms in total. The molecule has 0 saturated carbocycles. The van der Waals surface area contributed by atoms with Gasteiger partial charge in [-0.2, -0.15) is 0 Å².